The summed E-state index contributed by atoms with van der Waals surface area (Å²) in [6.45, 7) is 3.80. The van der Waals surface area contributed by atoms with Gasteiger partial charge in [0, 0.05) is 4.88 Å². The van der Waals surface area contributed by atoms with E-state index in [4.69, 9.17) is 4.74 Å². The van der Waals surface area contributed by atoms with Gasteiger partial charge in [0.25, 0.3) is 5.56 Å². The smallest absolute Gasteiger partial charge is 0.338 e. The van der Waals surface area contributed by atoms with Crippen LogP contribution in [-0.2, 0) is 9.53 Å². The van der Waals surface area contributed by atoms with Gasteiger partial charge >= 0.3 is 5.97 Å². The predicted molar refractivity (Wildman–Crippen MR) is 121 cm³/mol. The van der Waals surface area contributed by atoms with Crippen molar-refractivity contribution in [3.8, 4) is 0 Å². The van der Waals surface area contributed by atoms with Crippen molar-refractivity contribution in [3.05, 3.63) is 95.3 Å². The molecule has 5 nitrogen and oxygen atoms in total. The summed E-state index contributed by atoms with van der Waals surface area (Å²) in [7, 11) is 0. The first-order chi connectivity index (χ1) is 14.6. The highest BCUT2D eigenvalue weighted by Gasteiger charge is 2.30. The SMILES string of the molecule is CCOC(=O)C1=C(C)N=c2s/c(=C\c3cccs3)c(=O)n2C1/C=C/c1ccccc1. The molecule has 1 unspecified atom stereocenters. The molecule has 1 aromatic carbocycles. The maximum Gasteiger partial charge on any atom is 0.338 e. The van der Waals surface area contributed by atoms with Gasteiger partial charge in [-0.25, -0.2) is 9.79 Å². The van der Waals surface area contributed by atoms with Gasteiger partial charge in [0.1, 0.15) is 0 Å². The number of carbonyl (C=O) groups is 1. The van der Waals surface area contributed by atoms with Crippen molar-refractivity contribution in [3.63, 3.8) is 0 Å². The van der Waals surface area contributed by atoms with Crippen molar-refractivity contribution in [2.45, 2.75) is 19.9 Å². The average Bonchev–Trinajstić information content (AvgIpc) is 3.35. The molecule has 0 radical (unpaired) electrons. The third kappa shape index (κ3) is 3.99. The highest BCUT2D eigenvalue weighted by molar-refractivity contribution is 7.11. The fourth-order valence-electron chi connectivity index (χ4n) is 3.29. The molecule has 0 saturated carbocycles. The Kier molecular flexibility index (Phi) is 5.92. The highest BCUT2D eigenvalue weighted by atomic mass is 32.1. The molecule has 0 N–H and O–H groups in total. The molecule has 0 fully saturated rings. The molecule has 0 amide bonds. The van der Waals surface area contributed by atoms with E-state index in [9.17, 15) is 9.59 Å². The summed E-state index contributed by atoms with van der Waals surface area (Å²) in [6, 6.07) is 13.1. The molecule has 1 aliphatic rings. The molecular formula is C23H20N2O3S2. The number of carbonyl (C=O) groups excluding carboxylic acids is 1. The number of fused-ring (bicyclic) bond motifs is 1. The van der Waals surface area contributed by atoms with Crippen LogP contribution in [0.3, 0.4) is 0 Å². The number of thiophene rings is 1. The minimum atomic E-state index is -0.578. The first-order valence-corrected chi connectivity index (χ1v) is 11.2. The molecule has 4 rings (SSSR count). The minimum Gasteiger partial charge on any atom is -0.463 e. The van der Waals surface area contributed by atoms with Crippen LogP contribution in [0.1, 0.15) is 30.3 Å². The summed E-state index contributed by atoms with van der Waals surface area (Å²) in [5.41, 5.74) is 1.78. The van der Waals surface area contributed by atoms with E-state index in [1.54, 1.807) is 29.8 Å². The Hall–Kier alpha value is -3.03. The lowest BCUT2D eigenvalue weighted by Crippen LogP contribution is -2.38. The van der Waals surface area contributed by atoms with Gasteiger partial charge in [-0.15, -0.1) is 11.3 Å². The van der Waals surface area contributed by atoms with Gasteiger partial charge in [-0.05, 0) is 36.9 Å². The molecule has 3 heterocycles. The molecule has 2 aromatic heterocycles. The quantitative estimate of drug-likeness (QED) is 0.575. The average molecular weight is 437 g/mol. The molecule has 0 spiro atoms. The van der Waals surface area contributed by atoms with E-state index in [2.05, 4.69) is 4.99 Å². The monoisotopic (exact) mass is 436 g/mol. The maximum atomic E-state index is 13.3. The normalized spacial score (nSPS) is 16.6. The van der Waals surface area contributed by atoms with Crippen molar-refractivity contribution in [2.75, 3.05) is 6.61 Å². The van der Waals surface area contributed by atoms with Crippen molar-refractivity contribution in [1.82, 2.24) is 4.57 Å². The van der Waals surface area contributed by atoms with E-state index in [0.717, 1.165) is 10.4 Å². The van der Waals surface area contributed by atoms with Crippen LogP contribution in [-0.4, -0.2) is 17.1 Å². The zero-order valence-corrected chi connectivity index (χ0v) is 18.2. The Bertz CT molecular complexity index is 1300. The number of nitrogens with zero attached hydrogens (tertiary/aromatic N) is 2. The standard InChI is InChI=1S/C23H20N2O3S2/c1-3-28-22(27)20-15(2)24-23-25(18(20)12-11-16-8-5-4-6-9-16)21(26)19(30-23)14-17-10-7-13-29-17/h4-14,18H,3H2,1-2H3/b12-11+,19-14-. The fourth-order valence-corrected chi connectivity index (χ4v) is 5.06. The van der Waals surface area contributed by atoms with Crippen LogP contribution in [0.25, 0.3) is 12.2 Å². The number of benzene rings is 1. The minimum absolute atomic E-state index is 0.163. The lowest BCUT2D eigenvalue weighted by Gasteiger charge is -2.21. The van der Waals surface area contributed by atoms with E-state index in [1.165, 1.54) is 11.3 Å². The summed E-state index contributed by atoms with van der Waals surface area (Å²) in [6.07, 6.45) is 5.65. The molecular weight excluding hydrogens is 416 g/mol. The zero-order valence-electron chi connectivity index (χ0n) is 16.6. The summed E-state index contributed by atoms with van der Waals surface area (Å²) in [4.78, 5) is 32.1. The molecule has 1 aliphatic heterocycles. The van der Waals surface area contributed by atoms with Crippen LogP contribution in [0.15, 0.2) is 75.0 Å². The summed E-state index contributed by atoms with van der Waals surface area (Å²) in [5, 5.41) is 1.97. The number of hydrogen-bond donors (Lipinski definition) is 0. The lowest BCUT2D eigenvalue weighted by molar-refractivity contribution is -0.139. The van der Waals surface area contributed by atoms with Gasteiger partial charge in [-0.2, -0.15) is 0 Å². The van der Waals surface area contributed by atoms with Gasteiger partial charge in [0.15, 0.2) is 4.80 Å². The Morgan fingerprint density at radius 2 is 2.03 bits per heavy atom. The van der Waals surface area contributed by atoms with Gasteiger partial charge in [0.2, 0.25) is 0 Å². The van der Waals surface area contributed by atoms with Crippen LogP contribution in [0.2, 0.25) is 0 Å². The maximum absolute atomic E-state index is 13.3. The summed E-state index contributed by atoms with van der Waals surface area (Å²) >= 11 is 2.90. The summed E-state index contributed by atoms with van der Waals surface area (Å²) < 4.78 is 7.45. The van der Waals surface area contributed by atoms with Crippen molar-refractivity contribution in [1.29, 1.82) is 0 Å². The van der Waals surface area contributed by atoms with Gasteiger partial charge in [-0.1, -0.05) is 59.9 Å². The number of esters is 1. The molecule has 152 valence electrons. The topological polar surface area (TPSA) is 60.7 Å². The number of allylic oxidation sites excluding steroid dienone is 2. The van der Waals surface area contributed by atoms with Gasteiger partial charge < -0.3 is 4.74 Å². The second kappa shape index (κ2) is 8.77. The number of aromatic nitrogens is 1. The molecule has 30 heavy (non-hydrogen) atoms. The Labute approximate surface area is 181 Å². The van der Waals surface area contributed by atoms with E-state index in [-0.39, 0.29) is 12.2 Å². The van der Waals surface area contributed by atoms with E-state index >= 15 is 0 Å². The third-order valence-electron chi connectivity index (χ3n) is 4.65. The van der Waals surface area contributed by atoms with E-state index in [0.29, 0.717) is 20.6 Å². The second-order valence-electron chi connectivity index (χ2n) is 6.63. The van der Waals surface area contributed by atoms with Crippen LogP contribution >= 0.6 is 22.7 Å². The van der Waals surface area contributed by atoms with E-state index in [1.807, 2.05) is 66.1 Å². The van der Waals surface area contributed by atoms with Crippen LogP contribution in [0, 0.1) is 0 Å². The molecule has 1 atom stereocenters. The number of hydrogen-bond acceptors (Lipinski definition) is 6. The van der Waals surface area contributed by atoms with Crippen molar-refractivity contribution in [2.24, 2.45) is 4.99 Å². The molecule has 0 aliphatic carbocycles. The zero-order chi connectivity index (χ0) is 21.1. The van der Waals surface area contributed by atoms with Gasteiger partial charge in [0.05, 0.1) is 28.5 Å². The Morgan fingerprint density at radius 3 is 2.73 bits per heavy atom. The number of ether oxygens (including phenoxy) is 1. The first kappa shape index (κ1) is 20.3. The van der Waals surface area contributed by atoms with E-state index < -0.39 is 12.0 Å². The second-order valence-corrected chi connectivity index (χ2v) is 8.62. The Balaban J connectivity index is 1.88. The number of rotatable bonds is 5. The van der Waals surface area contributed by atoms with Crippen molar-refractivity contribution < 1.29 is 9.53 Å². The van der Waals surface area contributed by atoms with Crippen LogP contribution in [0.4, 0.5) is 0 Å². The predicted octanol–water partition coefficient (Wildman–Crippen LogP) is 3.52. The lowest BCUT2D eigenvalue weighted by atomic mass is 10.0. The highest BCUT2D eigenvalue weighted by Crippen LogP contribution is 2.26. The molecule has 0 bridgehead atoms. The Morgan fingerprint density at radius 1 is 1.23 bits per heavy atom. The van der Waals surface area contributed by atoms with Crippen LogP contribution in [0.5, 0.6) is 0 Å². The van der Waals surface area contributed by atoms with Crippen LogP contribution < -0.4 is 14.9 Å². The van der Waals surface area contributed by atoms with Gasteiger partial charge in [-0.3, -0.25) is 9.36 Å². The largest absolute Gasteiger partial charge is 0.463 e. The number of thiazole rings is 1. The summed E-state index contributed by atoms with van der Waals surface area (Å²) in [5.74, 6) is -0.450. The first-order valence-electron chi connectivity index (χ1n) is 9.55. The third-order valence-corrected chi connectivity index (χ3v) is 6.45. The van der Waals surface area contributed by atoms with Crippen molar-refractivity contribution >= 4 is 40.8 Å². The molecule has 0 saturated heterocycles. The molecule has 7 heteroatoms. The fraction of sp³-hybridized carbons (Fsp3) is 0.174. The molecule has 3 aromatic rings.